The summed E-state index contributed by atoms with van der Waals surface area (Å²) in [7, 11) is 0. The Balaban J connectivity index is 1.33. The zero-order valence-corrected chi connectivity index (χ0v) is 26.7. The van der Waals surface area contributed by atoms with E-state index in [1.807, 2.05) is 0 Å². The van der Waals surface area contributed by atoms with Gasteiger partial charge in [-0.05, 0) is 76.5 Å². The van der Waals surface area contributed by atoms with Gasteiger partial charge in [-0.1, -0.05) is 139 Å². The summed E-state index contributed by atoms with van der Waals surface area (Å²) in [5.74, 6) is 0. The van der Waals surface area contributed by atoms with Gasteiger partial charge in [-0.3, -0.25) is 0 Å². The topological polar surface area (TPSA) is 29.5 Å². The molecular weight excluding hydrogens is 647 g/mol. The minimum Gasteiger partial charge on any atom is -0.456 e. The number of furan rings is 2. The maximum absolute atomic E-state index is 9.78. The first-order valence-corrected chi connectivity index (χ1v) is 15.9. The molecule has 0 saturated carbocycles. The van der Waals surface area contributed by atoms with E-state index in [4.69, 9.17) is 28.0 Å². The number of rotatable bonds is 5. The van der Waals surface area contributed by atoms with Crippen molar-refractivity contribution in [3.05, 3.63) is 198 Å². The van der Waals surface area contributed by atoms with E-state index >= 15 is 0 Å². The fourth-order valence-corrected chi connectivity index (χ4v) is 6.75. The van der Waals surface area contributed by atoms with Gasteiger partial charge in [0.1, 0.15) is 16.7 Å². The Morgan fingerprint density at radius 2 is 1.17 bits per heavy atom. The third kappa shape index (κ3) is 4.34. The molecule has 11 rings (SSSR count). The van der Waals surface area contributed by atoms with Crippen LogP contribution in [-0.4, -0.2) is 0 Å². The van der Waals surface area contributed by atoms with Gasteiger partial charge in [0.05, 0.1) is 45.6 Å². The first-order chi connectivity index (χ1) is 37.8. The van der Waals surface area contributed by atoms with Crippen LogP contribution in [0.5, 0.6) is 0 Å². The molecule has 0 radical (unpaired) electrons. The quantitative estimate of drug-likeness (QED) is 0.178. The van der Waals surface area contributed by atoms with Crippen LogP contribution in [0, 0.1) is 0 Å². The van der Waals surface area contributed by atoms with E-state index in [9.17, 15) is 19.2 Å². The molecule has 0 fully saturated rings. The molecule has 1 aliphatic carbocycles. The van der Waals surface area contributed by atoms with Crippen LogP contribution < -0.4 is 4.90 Å². The van der Waals surface area contributed by atoms with E-state index in [1.165, 1.54) is 0 Å². The molecule has 8 aromatic carbocycles. The SMILES string of the molecule is [2H]c1cc([2H])c2c(c1[2H])C(c1c([2H])c([2H])c([2H])c3c1oc1cc(N(c4c([2H])cc(-c5c([2H])c([2H])c([2H])c([2H])c5[2H])c([2H])c4[2H])c4c([2H])c([2H])c([2H])c5c4oc4cc([2H])c([2H])c([2H])c45)c([2H])c([2H])c13)(C([2H])([2H])[2H])c1c([2H])c([2H])cc([2H])c1-2. The second kappa shape index (κ2) is 11.3. The molecule has 2 aromatic heterocycles. The van der Waals surface area contributed by atoms with Crippen LogP contribution in [-0.2, 0) is 5.41 Å². The summed E-state index contributed by atoms with van der Waals surface area (Å²) in [5.41, 5.74) is -12.0. The minimum atomic E-state index is -3.66. The van der Waals surface area contributed by atoms with Crippen molar-refractivity contribution in [1.29, 1.82) is 0 Å². The first kappa shape index (κ1) is 13.3. The van der Waals surface area contributed by atoms with Gasteiger partial charge in [0.25, 0.3) is 0 Å². The highest BCUT2D eigenvalue weighted by atomic mass is 16.3. The van der Waals surface area contributed by atoms with Crippen LogP contribution in [0.4, 0.5) is 17.1 Å². The third-order valence-electron chi connectivity index (χ3n) is 9.08. The fourth-order valence-electron chi connectivity index (χ4n) is 6.75. The average molecular weight is 708 g/mol. The summed E-state index contributed by atoms with van der Waals surface area (Å²) in [6, 6.07) is -16.0. The molecule has 2 heterocycles. The van der Waals surface area contributed by atoms with E-state index in [0.717, 1.165) is 35.2 Å². The standard InChI is InChI=1S/C50H33NO2/c1-50(42-20-8-5-15-36(42)37-16-6-9-21-43(37)50)44-22-11-18-40-39-30-29-35(31-47(39)53-48(40)44)51(34-27-25-33(26-28-34)32-13-3-2-4-14-32)45-23-12-19-41-38-17-7-10-24-46(38)52-49(41)45/h2-31H,1H3/i1D3,2D,3D,4D,7D,8D,9D,10D,11D,12D,13D,14D,15D,16D,17D,18D,19D,20D,21D,22D,23D,25D,27D,28D,29D,30D. The Morgan fingerprint density at radius 3 is 1.98 bits per heavy atom. The average Bonchev–Trinajstić information content (AvgIpc) is 3.70. The highest BCUT2D eigenvalue weighted by Crippen LogP contribution is 2.54. The van der Waals surface area contributed by atoms with Gasteiger partial charge in [0.15, 0.2) is 5.58 Å². The van der Waals surface area contributed by atoms with Gasteiger partial charge in [0.2, 0.25) is 0 Å². The maximum Gasteiger partial charge on any atom is 0.159 e. The van der Waals surface area contributed by atoms with E-state index in [1.54, 1.807) is 0 Å². The lowest BCUT2D eigenvalue weighted by atomic mass is 9.74. The molecule has 3 heteroatoms. The summed E-state index contributed by atoms with van der Waals surface area (Å²) < 4.78 is 266. The van der Waals surface area contributed by atoms with Crippen molar-refractivity contribution < 1.29 is 47.2 Å². The lowest BCUT2D eigenvalue weighted by Crippen LogP contribution is -2.22. The van der Waals surface area contributed by atoms with Crippen LogP contribution >= 0.6 is 0 Å². The van der Waals surface area contributed by atoms with Crippen molar-refractivity contribution in [2.24, 2.45) is 0 Å². The normalized spacial score (nSPS) is 20.8. The zero-order valence-electron chi connectivity index (χ0n) is 54.7. The van der Waals surface area contributed by atoms with Crippen molar-refractivity contribution in [3.8, 4) is 22.3 Å². The smallest absolute Gasteiger partial charge is 0.159 e. The molecular formula is C50H33NO2. The van der Waals surface area contributed by atoms with Gasteiger partial charge in [0, 0.05) is 48.4 Å². The van der Waals surface area contributed by atoms with Gasteiger partial charge >= 0.3 is 0 Å². The summed E-state index contributed by atoms with van der Waals surface area (Å²) >= 11 is 0. The Hall–Kier alpha value is -6.84. The molecule has 53 heavy (non-hydrogen) atoms. The van der Waals surface area contributed by atoms with Crippen molar-refractivity contribution in [2.75, 3.05) is 4.90 Å². The van der Waals surface area contributed by atoms with Crippen LogP contribution in [0.1, 0.15) is 61.9 Å². The number of fused-ring (bicyclic) bond motifs is 9. The van der Waals surface area contributed by atoms with Gasteiger partial charge in [-0.15, -0.1) is 0 Å². The number of hydrogen-bond acceptors (Lipinski definition) is 3. The van der Waals surface area contributed by atoms with E-state index < -0.39 is 252 Å². The molecule has 0 spiro atoms. The number of nitrogens with zero attached hydrogens (tertiary/aromatic N) is 1. The largest absolute Gasteiger partial charge is 0.456 e. The number of para-hydroxylation sites is 3. The molecule has 0 bridgehead atoms. The van der Waals surface area contributed by atoms with E-state index in [2.05, 4.69) is 0 Å². The first-order valence-electron chi connectivity index (χ1n) is 29.9. The van der Waals surface area contributed by atoms with Gasteiger partial charge < -0.3 is 13.7 Å². The van der Waals surface area contributed by atoms with Crippen molar-refractivity contribution in [1.82, 2.24) is 0 Å². The molecule has 0 aliphatic heterocycles. The van der Waals surface area contributed by atoms with Gasteiger partial charge in [-0.25, -0.2) is 0 Å². The Bertz CT molecular complexity index is 4500. The second-order valence-electron chi connectivity index (χ2n) is 11.9. The Kier molecular flexibility index (Phi) is 2.84. The van der Waals surface area contributed by atoms with E-state index in [-0.39, 0.29) is 11.0 Å². The highest BCUT2D eigenvalue weighted by Gasteiger charge is 2.42. The van der Waals surface area contributed by atoms with Crippen molar-refractivity contribution in [3.63, 3.8) is 0 Å². The highest BCUT2D eigenvalue weighted by molar-refractivity contribution is 6.11. The van der Waals surface area contributed by atoms with E-state index in [0.29, 0.717) is 0 Å². The monoisotopic (exact) mass is 707 g/mol. The number of hydrogen-bond donors (Lipinski definition) is 0. The van der Waals surface area contributed by atoms with Crippen molar-refractivity contribution in [2.45, 2.75) is 12.3 Å². The fraction of sp³-hybridized carbons (Fsp3) is 0.0400. The molecule has 1 aliphatic rings. The molecule has 3 nitrogen and oxygen atoms in total. The van der Waals surface area contributed by atoms with Crippen molar-refractivity contribution >= 4 is 60.9 Å². The lowest BCUT2D eigenvalue weighted by Gasteiger charge is -2.28. The Labute approximate surface area is 346 Å². The lowest BCUT2D eigenvalue weighted by molar-refractivity contribution is 0.637. The molecule has 10 aromatic rings. The maximum atomic E-state index is 9.78. The third-order valence-corrected chi connectivity index (χ3v) is 9.08. The molecule has 0 amide bonds. The zero-order chi connectivity index (χ0) is 59.4. The van der Waals surface area contributed by atoms with Gasteiger partial charge in [-0.2, -0.15) is 0 Å². The molecule has 0 saturated heterocycles. The molecule has 0 N–H and O–H groups in total. The van der Waals surface area contributed by atoms with Crippen LogP contribution in [0.3, 0.4) is 0 Å². The van der Waals surface area contributed by atoms with Crippen LogP contribution in [0.25, 0.3) is 66.1 Å². The number of anilines is 3. The molecule has 250 valence electrons. The van der Waals surface area contributed by atoms with Crippen LogP contribution in [0.2, 0.25) is 0 Å². The molecule has 0 atom stereocenters. The number of benzene rings is 8. The van der Waals surface area contributed by atoms with Crippen LogP contribution in [0.15, 0.2) is 190 Å². The summed E-state index contributed by atoms with van der Waals surface area (Å²) in [4.78, 5) is 0.719. The minimum absolute atomic E-state index is 0.302. The molecule has 0 unspecified atom stereocenters. The summed E-state index contributed by atoms with van der Waals surface area (Å²) in [5, 5.41) is -1.87. The second-order valence-corrected chi connectivity index (χ2v) is 11.9. The predicted molar refractivity (Wildman–Crippen MR) is 219 cm³/mol. The summed E-state index contributed by atoms with van der Waals surface area (Å²) in [6.45, 7) is -3.66. The predicted octanol–water partition coefficient (Wildman–Crippen LogP) is 14.0. The Morgan fingerprint density at radius 1 is 0.491 bits per heavy atom. The summed E-state index contributed by atoms with van der Waals surface area (Å²) in [6.07, 6.45) is 0.